The average Bonchev–Trinajstić information content (AvgIpc) is 3.03. The van der Waals surface area contributed by atoms with E-state index in [-0.39, 0.29) is 18.0 Å². The molecule has 0 unspecified atom stereocenters. The SMILES string of the molecule is CSCC(=O)N[C@H]1CC[C@H](Nc2nccc(-c3cccnc3)n2)C1. The van der Waals surface area contributed by atoms with E-state index < -0.39 is 0 Å². The van der Waals surface area contributed by atoms with Crippen LogP contribution in [0.2, 0.25) is 0 Å². The number of rotatable bonds is 6. The second-order valence-corrected chi connectivity index (χ2v) is 6.72. The van der Waals surface area contributed by atoms with Gasteiger partial charge in [0.15, 0.2) is 0 Å². The van der Waals surface area contributed by atoms with Gasteiger partial charge in [-0.1, -0.05) is 0 Å². The predicted octanol–water partition coefficient (Wildman–Crippen LogP) is 2.35. The molecule has 0 saturated heterocycles. The van der Waals surface area contributed by atoms with E-state index in [1.54, 1.807) is 30.4 Å². The van der Waals surface area contributed by atoms with Gasteiger partial charge in [-0.05, 0) is 43.7 Å². The Bertz CT molecular complexity index is 682. The number of nitrogens with one attached hydrogen (secondary N) is 2. The fourth-order valence-corrected chi connectivity index (χ4v) is 3.28. The van der Waals surface area contributed by atoms with Crippen molar-refractivity contribution in [1.82, 2.24) is 20.3 Å². The molecule has 1 fully saturated rings. The molecule has 2 heterocycles. The van der Waals surface area contributed by atoms with E-state index in [0.717, 1.165) is 30.5 Å². The zero-order valence-corrected chi connectivity index (χ0v) is 14.4. The summed E-state index contributed by atoms with van der Waals surface area (Å²) in [4.78, 5) is 24.7. The lowest BCUT2D eigenvalue weighted by molar-refractivity contribution is -0.119. The van der Waals surface area contributed by atoms with E-state index in [0.29, 0.717) is 11.7 Å². The third-order valence-corrected chi connectivity index (χ3v) is 4.57. The maximum absolute atomic E-state index is 11.7. The Morgan fingerprint density at radius 3 is 2.96 bits per heavy atom. The van der Waals surface area contributed by atoms with Crippen LogP contribution in [0.1, 0.15) is 19.3 Å². The molecule has 1 aliphatic rings. The van der Waals surface area contributed by atoms with Crippen LogP contribution in [0.5, 0.6) is 0 Å². The Morgan fingerprint density at radius 1 is 1.29 bits per heavy atom. The van der Waals surface area contributed by atoms with Crippen molar-refractivity contribution in [1.29, 1.82) is 0 Å². The maximum atomic E-state index is 11.7. The average molecular weight is 343 g/mol. The Hall–Kier alpha value is -2.15. The van der Waals surface area contributed by atoms with Gasteiger partial charge in [0.1, 0.15) is 0 Å². The fraction of sp³-hybridized carbons (Fsp3) is 0.412. The first-order chi connectivity index (χ1) is 11.7. The Morgan fingerprint density at radius 2 is 2.17 bits per heavy atom. The number of hydrogen-bond acceptors (Lipinski definition) is 6. The molecule has 2 atom stereocenters. The van der Waals surface area contributed by atoms with Gasteiger partial charge in [-0.2, -0.15) is 11.8 Å². The Balaban J connectivity index is 1.58. The van der Waals surface area contributed by atoms with E-state index >= 15 is 0 Å². The summed E-state index contributed by atoms with van der Waals surface area (Å²) in [5, 5.41) is 6.47. The van der Waals surface area contributed by atoms with Crippen LogP contribution in [0.3, 0.4) is 0 Å². The van der Waals surface area contributed by atoms with Crippen molar-refractivity contribution >= 4 is 23.6 Å². The van der Waals surface area contributed by atoms with E-state index in [9.17, 15) is 4.79 Å². The molecule has 126 valence electrons. The Labute approximate surface area is 145 Å². The van der Waals surface area contributed by atoms with Gasteiger partial charge in [-0.25, -0.2) is 9.97 Å². The second-order valence-electron chi connectivity index (χ2n) is 5.86. The van der Waals surface area contributed by atoms with Crippen LogP contribution in [0.25, 0.3) is 11.3 Å². The van der Waals surface area contributed by atoms with Crippen LogP contribution < -0.4 is 10.6 Å². The van der Waals surface area contributed by atoms with Crippen molar-refractivity contribution in [3.63, 3.8) is 0 Å². The lowest BCUT2D eigenvalue weighted by Gasteiger charge is -2.15. The highest BCUT2D eigenvalue weighted by atomic mass is 32.2. The molecule has 2 aromatic heterocycles. The third kappa shape index (κ3) is 4.44. The molecule has 0 aromatic carbocycles. The minimum absolute atomic E-state index is 0.114. The number of pyridine rings is 1. The highest BCUT2D eigenvalue weighted by Gasteiger charge is 2.26. The normalized spacial score (nSPS) is 19.9. The molecule has 6 nitrogen and oxygen atoms in total. The lowest BCUT2D eigenvalue weighted by Crippen LogP contribution is -2.35. The summed E-state index contributed by atoms with van der Waals surface area (Å²) in [6, 6.07) is 6.27. The molecule has 0 aliphatic heterocycles. The number of nitrogens with zero attached hydrogens (tertiary/aromatic N) is 3. The molecule has 1 aliphatic carbocycles. The van der Waals surface area contributed by atoms with E-state index in [4.69, 9.17) is 0 Å². The van der Waals surface area contributed by atoms with Gasteiger partial charge >= 0.3 is 0 Å². The van der Waals surface area contributed by atoms with Crippen LogP contribution in [0.15, 0.2) is 36.8 Å². The van der Waals surface area contributed by atoms with Gasteiger partial charge in [0.05, 0.1) is 11.4 Å². The Kier molecular flexibility index (Phi) is 5.63. The minimum atomic E-state index is 0.114. The first-order valence-electron chi connectivity index (χ1n) is 8.03. The summed E-state index contributed by atoms with van der Waals surface area (Å²) in [5.41, 5.74) is 1.82. The van der Waals surface area contributed by atoms with Crippen LogP contribution in [-0.4, -0.2) is 45.0 Å². The molecule has 2 aromatic rings. The van der Waals surface area contributed by atoms with Crippen LogP contribution in [0.4, 0.5) is 5.95 Å². The number of carbonyl (C=O) groups is 1. The zero-order valence-electron chi connectivity index (χ0n) is 13.6. The highest BCUT2D eigenvalue weighted by Crippen LogP contribution is 2.23. The number of aromatic nitrogens is 3. The molecule has 24 heavy (non-hydrogen) atoms. The van der Waals surface area contributed by atoms with E-state index in [2.05, 4.69) is 25.6 Å². The van der Waals surface area contributed by atoms with E-state index in [1.165, 1.54) is 0 Å². The molecule has 1 saturated carbocycles. The lowest BCUT2D eigenvalue weighted by atomic mass is 10.2. The molecule has 1 amide bonds. The van der Waals surface area contributed by atoms with Gasteiger partial charge in [-0.3, -0.25) is 9.78 Å². The fourth-order valence-electron chi connectivity index (χ4n) is 2.93. The van der Waals surface area contributed by atoms with E-state index in [1.807, 2.05) is 24.5 Å². The number of thioether (sulfide) groups is 1. The van der Waals surface area contributed by atoms with Crippen LogP contribution in [-0.2, 0) is 4.79 Å². The standard InChI is InChI=1S/C17H21N5OS/c1-24-11-16(23)20-13-4-5-14(9-13)21-17-19-8-6-15(22-17)12-3-2-7-18-10-12/h2-3,6-8,10,13-14H,4-5,9,11H2,1H3,(H,20,23)(H,19,21,22)/t13-,14-/m0/s1. The number of anilines is 1. The number of carbonyl (C=O) groups excluding carboxylic acids is 1. The van der Waals surface area contributed by atoms with Crippen molar-refractivity contribution in [3.05, 3.63) is 36.8 Å². The van der Waals surface area contributed by atoms with Gasteiger partial charge in [0.2, 0.25) is 11.9 Å². The minimum Gasteiger partial charge on any atom is -0.353 e. The summed E-state index contributed by atoms with van der Waals surface area (Å²) in [7, 11) is 0. The largest absolute Gasteiger partial charge is 0.353 e. The molecule has 0 radical (unpaired) electrons. The third-order valence-electron chi connectivity index (χ3n) is 4.02. The second kappa shape index (κ2) is 8.10. The maximum Gasteiger partial charge on any atom is 0.230 e. The van der Waals surface area contributed by atoms with Gasteiger partial charge in [-0.15, -0.1) is 0 Å². The van der Waals surface area contributed by atoms with Crippen LogP contribution >= 0.6 is 11.8 Å². The smallest absolute Gasteiger partial charge is 0.230 e. The molecule has 0 bridgehead atoms. The van der Waals surface area contributed by atoms with Crippen LogP contribution in [0, 0.1) is 0 Å². The van der Waals surface area contributed by atoms with Gasteiger partial charge in [0.25, 0.3) is 0 Å². The molecule has 0 spiro atoms. The summed E-state index contributed by atoms with van der Waals surface area (Å²) in [6.45, 7) is 0. The van der Waals surface area contributed by atoms with Crippen molar-refractivity contribution in [2.75, 3.05) is 17.3 Å². The number of amides is 1. The highest BCUT2D eigenvalue weighted by molar-refractivity contribution is 7.99. The molecular weight excluding hydrogens is 322 g/mol. The summed E-state index contributed by atoms with van der Waals surface area (Å²) >= 11 is 1.54. The predicted molar refractivity (Wildman–Crippen MR) is 96.8 cm³/mol. The summed E-state index contributed by atoms with van der Waals surface area (Å²) in [5.74, 6) is 1.26. The quantitative estimate of drug-likeness (QED) is 0.838. The monoisotopic (exact) mass is 343 g/mol. The summed E-state index contributed by atoms with van der Waals surface area (Å²) in [6.07, 6.45) is 10.1. The van der Waals surface area contributed by atoms with Gasteiger partial charge < -0.3 is 10.6 Å². The molecule has 3 rings (SSSR count). The van der Waals surface area contributed by atoms with Gasteiger partial charge in [0, 0.05) is 36.2 Å². The van der Waals surface area contributed by atoms with Crippen molar-refractivity contribution < 1.29 is 4.79 Å². The first-order valence-corrected chi connectivity index (χ1v) is 9.42. The molecule has 7 heteroatoms. The van der Waals surface area contributed by atoms with Crippen molar-refractivity contribution in [2.45, 2.75) is 31.3 Å². The zero-order chi connectivity index (χ0) is 16.8. The molecule has 2 N–H and O–H groups in total. The summed E-state index contributed by atoms with van der Waals surface area (Å²) < 4.78 is 0. The van der Waals surface area contributed by atoms with Crippen molar-refractivity contribution in [2.24, 2.45) is 0 Å². The number of hydrogen-bond donors (Lipinski definition) is 2. The molecular formula is C17H21N5OS. The first kappa shape index (κ1) is 16.7. The topological polar surface area (TPSA) is 79.8 Å². The van der Waals surface area contributed by atoms with Crippen molar-refractivity contribution in [3.8, 4) is 11.3 Å².